The van der Waals surface area contributed by atoms with Crippen LogP contribution in [-0.4, -0.2) is 24.7 Å². The number of hydrogen-bond donors (Lipinski definition) is 1. The Hall–Kier alpha value is -0.570. The smallest absolute Gasteiger partial charge is 0.220 e. The van der Waals surface area contributed by atoms with Crippen molar-refractivity contribution in [2.45, 2.75) is 38.8 Å². The lowest BCUT2D eigenvalue weighted by atomic mass is 10.1. The molecular weight excluding hydrogens is 142 g/mol. The second-order valence-electron chi connectivity index (χ2n) is 2.89. The Balaban J connectivity index is 2.30. The van der Waals surface area contributed by atoms with Gasteiger partial charge < -0.3 is 10.1 Å². The Morgan fingerprint density at radius 1 is 1.73 bits per heavy atom. The standard InChI is InChI=1S/C8H15NO2/c1-3-8(10)9-7-4-5-11-6(7)2/h6-7H,3-5H2,1-2H3,(H,9,10). The van der Waals surface area contributed by atoms with Crippen LogP contribution in [0.5, 0.6) is 0 Å². The van der Waals surface area contributed by atoms with E-state index in [-0.39, 0.29) is 18.1 Å². The van der Waals surface area contributed by atoms with E-state index in [4.69, 9.17) is 4.74 Å². The fourth-order valence-electron chi connectivity index (χ4n) is 1.23. The molecule has 1 N–H and O–H groups in total. The first-order valence-corrected chi connectivity index (χ1v) is 4.15. The maximum Gasteiger partial charge on any atom is 0.220 e. The summed E-state index contributed by atoms with van der Waals surface area (Å²) in [5.74, 6) is 0.118. The third-order valence-electron chi connectivity index (χ3n) is 2.04. The Morgan fingerprint density at radius 3 is 2.91 bits per heavy atom. The molecule has 11 heavy (non-hydrogen) atoms. The molecule has 1 amide bonds. The van der Waals surface area contributed by atoms with Crippen LogP contribution in [0.1, 0.15) is 26.7 Å². The Labute approximate surface area is 67.1 Å². The van der Waals surface area contributed by atoms with Crippen LogP contribution in [0.2, 0.25) is 0 Å². The van der Waals surface area contributed by atoms with Crippen LogP contribution in [-0.2, 0) is 9.53 Å². The summed E-state index contributed by atoms with van der Waals surface area (Å²) >= 11 is 0. The minimum absolute atomic E-state index is 0.118. The van der Waals surface area contributed by atoms with Crippen LogP contribution >= 0.6 is 0 Å². The van der Waals surface area contributed by atoms with Crippen molar-refractivity contribution in [1.29, 1.82) is 0 Å². The van der Waals surface area contributed by atoms with Gasteiger partial charge >= 0.3 is 0 Å². The van der Waals surface area contributed by atoms with Gasteiger partial charge in [0.2, 0.25) is 5.91 Å². The van der Waals surface area contributed by atoms with Crippen molar-refractivity contribution in [3.8, 4) is 0 Å². The van der Waals surface area contributed by atoms with E-state index < -0.39 is 0 Å². The molecule has 0 radical (unpaired) electrons. The molecule has 1 rings (SSSR count). The fraction of sp³-hybridized carbons (Fsp3) is 0.875. The van der Waals surface area contributed by atoms with Crippen molar-refractivity contribution < 1.29 is 9.53 Å². The normalized spacial score (nSPS) is 30.4. The lowest BCUT2D eigenvalue weighted by Crippen LogP contribution is -2.38. The zero-order chi connectivity index (χ0) is 8.27. The van der Waals surface area contributed by atoms with Crippen LogP contribution in [0.25, 0.3) is 0 Å². The SMILES string of the molecule is CCC(=O)NC1CCOC1C. The van der Waals surface area contributed by atoms with Gasteiger partial charge in [-0.3, -0.25) is 4.79 Å². The first-order valence-electron chi connectivity index (χ1n) is 4.15. The van der Waals surface area contributed by atoms with Crippen LogP contribution in [0.4, 0.5) is 0 Å². The summed E-state index contributed by atoms with van der Waals surface area (Å²) in [6.45, 7) is 4.62. The second kappa shape index (κ2) is 3.72. The fourth-order valence-corrected chi connectivity index (χ4v) is 1.23. The molecular formula is C8H15NO2. The minimum atomic E-state index is 0.118. The van der Waals surface area contributed by atoms with Crippen molar-refractivity contribution in [2.24, 2.45) is 0 Å². The molecule has 0 aromatic rings. The minimum Gasteiger partial charge on any atom is -0.376 e. The molecule has 0 spiro atoms. The third kappa shape index (κ3) is 2.19. The molecule has 0 aromatic heterocycles. The predicted octanol–water partition coefficient (Wildman–Crippen LogP) is 0.690. The Bertz CT molecular complexity index is 147. The van der Waals surface area contributed by atoms with E-state index in [1.54, 1.807) is 0 Å². The predicted molar refractivity (Wildman–Crippen MR) is 42.3 cm³/mol. The lowest BCUT2D eigenvalue weighted by molar-refractivity contribution is -0.121. The van der Waals surface area contributed by atoms with E-state index in [9.17, 15) is 4.79 Å². The van der Waals surface area contributed by atoms with E-state index in [0.717, 1.165) is 13.0 Å². The molecule has 3 heteroatoms. The Morgan fingerprint density at radius 2 is 2.45 bits per heavy atom. The molecule has 0 aliphatic carbocycles. The summed E-state index contributed by atoms with van der Waals surface area (Å²) in [5.41, 5.74) is 0. The van der Waals surface area contributed by atoms with Crippen LogP contribution in [0.3, 0.4) is 0 Å². The number of amides is 1. The molecule has 0 saturated carbocycles. The summed E-state index contributed by atoms with van der Waals surface area (Å²) in [7, 11) is 0. The van der Waals surface area contributed by atoms with Crippen molar-refractivity contribution in [2.75, 3.05) is 6.61 Å². The maximum absolute atomic E-state index is 10.9. The Kier molecular flexibility index (Phi) is 2.88. The highest BCUT2D eigenvalue weighted by molar-refractivity contribution is 5.75. The van der Waals surface area contributed by atoms with Crippen molar-refractivity contribution >= 4 is 5.91 Å². The average Bonchev–Trinajstić information content (AvgIpc) is 2.37. The number of carbonyl (C=O) groups excluding carboxylic acids is 1. The molecule has 0 aromatic carbocycles. The molecule has 3 nitrogen and oxygen atoms in total. The van der Waals surface area contributed by atoms with E-state index >= 15 is 0 Å². The van der Waals surface area contributed by atoms with Gasteiger partial charge in [0.1, 0.15) is 0 Å². The quantitative estimate of drug-likeness (QED) is 0.640. The van der Waals surface area contributed by atoms with E-state index in [1.807, 2.05) is 13.8 Å². The third-order valence-corrected chi connectivity index (χ3v) is 2.04. The van der Waals surface area contributed by atoms with E-state index in [0.29, 0.717) is 6.42 Å². The number of carbonyl (C=O) groups is 1. The van der Waals surface area contributed by atoms with E-state index in [2.05, 4.69) is 5.32 Å². The maximum atomic E-state index is 10.9. The second-order valence-corrected chi connectivity index (χ2v) is 2.89. The monoisotopic (exact) mass is 157 g/mol. The van der Waals surface area contributed by atoms with Crippen LogP contribution < -0.4 is 5.32 Å². The van der Waals surface area contributed by atoms with Gasteiger partial charge in [-0.25, -0.2) is 0 Å². The molecule has 64 valence electrons. The van der Waals surface area contributed by atoms with Gasteiger partial charge in [0.05, 0.1) is 12.1 Å². The first kappa shape index (κ1) is 8.53. The first-order chi connectivity index (χ1) is 5.24. The van der Waals surface area contributed by atoms with Crippen molar-refractivity contribution in [3.63, 3.8) is 0 Å². The van der Waals surface area contributed by atoms with Gasteiger partial charge in [-0.15, -0.1) is 0 Å². The highest BCUT2D eigenvalue weighted by Gasteiger charge is 2.24. The van der Waals surface area contributed by atoms with Gasteiger partial charge in [0.25, 0.3) is 0 Å². The highest BCUT2D eigenvalue weighted by Crippen LogP contribution is 2.12. The van der Waals surface area contributed by atoms with E-state index in [1.165, 1.54) is 0 Å². The van der Waals surface area contributed by atoms with Gasteiger partial charge in [-0.2, -0.15) is 0 Å². The molecule has 2 unspecified atom stereocenters. The summed E-state index contributed by atoms with van der Waals surface area (Å²) in [6.07, 6.45) is 1.70. The number of nitrogens with one attached hydrogen (secondary N) is 1. The molecule has 1 aliphatic rings. The van der Waals surface area contributed by atoms with Crippen LogP contribution in [0.15, 0.2) is 0 Å². The lowest BCUT2D eigenvalue weighted by Gasteiger charge is -2.14. The zero-order valence-corrected chi connectivity index (χ0v) is 7.09. The van der Waals surface area contributed by atoms with Gasteiger partial charge in [0.15, 0.2) is 0 Å². The molecule has 1 heterocycles. The van der Waals surface area contributed by atoms with Gasteiger partial charge in [0, 0.05) is 13.0 Å². The van der Waals surface area contributed by atoms with Gasteiger partial charge in [-0.05, 0) is 13.3 Å². The average molecular weight is 157 g/mol. The number of ether oxygens (including phenoxy) is 1. The zero-order valence-electron chi connectivity index (χ0n) is 7.09. The van der Waals surface area contributed by atoms with Crippen molar-refractivity contribution in [1.82, 2.24) is 5.32 Å². The summed E-state index contributed by atoms with van der Waals surface area (Å²) in [5, 5.41) is 2.91. The van der Waals surface area contributed by atoms with Gasteiger partial charge in [-0.1, -0.05) is 6.92 Å². The summed E-state index contributed by atoms with van der Waals surface area (Å²) < 4.78 is 5.30. The molecule has 1 aliphatic heterocycles. The molecule has 1 fully saturated rings. The topological polar surface area (TPSA) is 38.3 Å². The summed E-state index contributed by atoms with van der Waals surface area (Å²) in [6, 6.07) is 0.238. The highest BCUT2D eigenvalue weighted by atomic mass is 16.5. The number of rotatable bonds is 2. The molecule has 2 atom stereocenters. The van der Waals surface area contributed by atoms with Crippen LogP contribution in [0, 0.1) is 0 Å². The largest absolute Gasteiger partial charge is 0.376 e. The summed E-state index contributed by atoms with van der Waals surface area (Å²) in [4.78, 5) is 10.9. The molecule has 0 bridgehead atoms. The molecule has 1 saturated heterocycles. The van der Waals surface area contributed by atoms with Crippen molar-refractivity contribution in [3.05, 3.63) is 0 Å². The number of hydrogen-bond acceptors (Lipinski definition) is 2.